The summed E-state index contributed by atoms with van der Waals surface area (Å²) in [6, 6.07) is 11.5. The molecule has 2 aromatic rings. The molecule has 0 aliphatic carbocycles. The molecule has 1 atom stereocenters. The second-order valence-corrected chi connectivity index (χ2v) is 8.72. The van der Waals surface area contributed by atoms with Crippen molar-refractivity contribution in [3.05, 3.63) is 68.9 Å². The summed E-state index contributed by atoms with van der Waals surface area (Å²) in [5.41, 5.74) is 1.29. The first kappa shape index (κ1) is 23.7. The third-order valence-electron chi connectivity index (χ3n) is 4.32. The summed E-state index contributed by atoms with van der Waals surface area (Å²) in [4.78, 5) is 26.8. The first-order chi connectivity index (χ1) is 13.8. The lowest BCUT2D eigenvalue weighted by molar-refractivity contribution is -0.138. The van der Waals surface area contributed by atoms with Gasteiger partial charge in [-0.15, -0.1) is 11.8 Å². The van der Waals surface area contributed by atoms with Gasteiger partial charge in [0.25, 0.3) is 0 Å². The Labute approximate surface area is 188 Å². The van der Waals surface area contributed by atoms with Crippen LogP contribution in [-0.2, 0) is 21.9 Å². The van der Waals surface area contributed by atoms with E-state index in [-0.39, 0.29) is 29.1 Å². The van der Waals surface area contributed by atoms with E-state index < -0.39 is 6.04 Å². The standard InChI is InChI=1S/C21H23BrClFN2O2S/c1-3-25-21(28)14(2)26(11-15-7-9-16(22)10-8-15)20(27)13-29-12-17-18(23)5-4-6-19(17)24/h4-10,14H,3,11-13H2,1-2H3,(H,25,28). The van der Waals surface area contributed by atoms with E-state index in [1.54, 1.807) is 24.0 Å². The van der Waals surface area contributed by atoms with Crippen molar-refractivity contribution in [2.24, 2.45) is 0 Å². The quantitative estimate of drug-likeness (QED) is 0.524. The maximum atomic E-state index is 13.9. The number of hydrogen-bond donors (Lipinski definition) is 1. The molecular formula is C21H23BrClFN2O2S. The van der Waals surface area contributed by atoms with Crippen molar-refractivity contribution in [3.63, 3.8) is 0 Å². The highest BCUT2D eigenvalue weighted by molar-refractivity contribution is 9.10. The normalized spacial score (nSPS) is 11.8. The van der Waals surface area contributed by atoms with Crippen LogP contribution in [0, 0.1) is 5.82 Å². The third-order valence-corrected chi connectivity index (χ3v) is 6.14. The van der Waals surface area contributed by atoms with E-state index in [2.05, 4.69) is 21.2 Å². The molecule has 0 fully saturated rings. The van der Waals surface area contributed by atoms with Crippen molar-refractivity contribution in [1.82, 2.24) is 10.2 Å². The lowest BCUT2D eigenvalue weighted by atomic mass is 10.1. The van der Waals surface area contributed by atoms with Crippen LogP contribution in [0.4, 0.5) is 4.39 Å². The molecule has 8 heteroatoms. The molecule has 4 nitrogen and oxygen atoms in total. The summed E-state index contributed by atoms with van der Waals surface area (Å²) in [6.45, 7) is 4.34. The number of nitrogens with one attached hydrogen (secondary N) is 1. The molecule has 0 saturated heterocycles. The van der Waals surface area contributed by atoms with Gasteiger partial charge in [0.05, 0.1) is 5.75 Å². The molecule has 1 unspecified atom stereocenters. The fourth-order valence-electron chi connectivity index (χ4n) is 2.68. The van der Waals surface area contributed by atoms with E-state index in [1.165, 1.54) is 17.8 Å². The number of benzene rings is 2. The lowest BCUT2D eigenvalue weighted by Crippen LogP contribution is -2.48. The monoisotopic (exact) mass is 500 g/mol. The Morgan fingerprint density at radius 2 is 1.93 bits per heavy atom. The number of carbonyl (C=O) groups excluding carboxylic acids is 2. The molecule has 0 aliphatic rings. The highest BCUT2D eigenvalue weighted by Crippen LogP contribution is 2.24. The largest absolute Gasteiger partial charge is 0.355 e. The van der Waals surface area contributed by atoms with Gasteiger partial charge in [0.2, 0.25) is 11.8 Å². The molecule has 0 bridgehead atoms. The van der Waals surface area contributed by atoms with Crippen LogP contribution in [0.25, 0.3) is 0 Å². The number of thioether (sulfide) groups is 1. The van der Waals surface area contributed by atoms with Crippen molar-refractivity contribution in [2.45, 2.75) is 32.2 Å². The van der Waals surface area contributed by atoms with E-state index in [4.69, 9.17) is 11.6 Å². The smallest absolute Gasteiger partial charge is 0.242 e. The average molecular weight is 502 g/mol. The van der Waals surface area contributed by atoms with Crippen LogP contribution in [0.3, 0.4) is 0 Å². The Morgan fingerprint density at radius 3 is 2.55 bits per heavy atom. The minimum atomic E-state index is -0.622. The Kier molecular flexibility index (Phi) is 9.46. The van der Waals surface area contributed by atoms with Gasteiger partial charge in [-0.2, -0.15) is 0 Å². The summed E-state index contributed by atoms with van der Waals surface area (Å²) in [7, 11) is 0. The minimum absolute atomic E-state index is 0.116. The zero-order valence-corrected chi connectivity index (χ0v) is 19.4. The molecule has 0 saturated carbocycles. The molecule has 2 rings (SSSR count). The second-order valence-electron chi connectivity index (χ2n) is 6.41. The van der Waals surface area contributed by atoms with Crippen molar-refractivity contribution >= 4 is 51.1 Å². The zero-order valence-electron chi connectivity index (χ0n) is 16.3. The van der Waals surface area contributed by atoms with Crippen LogP contribution in [0.2, 0.25) is 5.02 Å². The van der Waals surface area contributed by atoms with Crippen LogP contribution < -0.4 is 5.32 Å². The van der Waals surface area contributed by atoms with Gasteiger partial charge in [-0.05, 0) is 43.7 Å². The predicted octanol–water partition coefficient (Wildman–Crippen LogP) is 5.03. The molecule has 0 heterocycles. The lowest BCUT2D eigenvalue weighted by Gasteiger charge is -2.28. The van der Waals surface area contributed by atoms with Crippen molar-refractivity contribution < 1.29 is 14.0 Å². The summed E-state index contributed by atoms with van der Waals surface area (Å²) in [6.07, 6.45) is 0. The van der Waals surface area contributed by atoms with E-state index >= 15 is 0 Å². The Balaban J connectivity index is 2.08. The van der Waals surface area contributed by atoms with Gasteiger partial charge in [0.1, 0.15) is 11.9 Å². The number of nitrogens with zero attached hydrogens (tertiary/aromatic N) is 1. The number of hydrogen-bond acceptors (Lipinski definition) is 3. The molecular weight excluding hydrogens is 479 g/mol. The summed E-state index contributed by atoms with van der Waals surface area (Å²) < 4.78 is 14.9. The molecule has 156 valence electrons. The van der Waals surface area contributed by atoms with Gasteiger partial charge in [-0.1, -0.05) is 45.7 Å². The van der Waals surface area contributed by atoms with Crippen LogP contribution in [0.15, 0.2) is 46.9 Å². The molecule has 0 radical (unpaired) electrons. The number of carbonyl (C=O) groups is 2. The van der Waals surface area contributed by atoms with Crippen molar-refractivity contribution in [3.8, 4) is 0 Å². The van der Waals surface area contributed by atoms with E-state index in [1.807, 2.05) is 31.2 Å². The van der Waals surface area contributed by atoms with Crippen LogP contribution >= 0.6 is 39.3 Å². The Bertz CT molecular complexity index is 831. The average Bonchev–Trinajstić information content (AvgIpc) is 2.69. The van der Waals surface area contributed by atoms with Gasteiger partial charge >= 0.3 is 0 Å². The topological polar surface area (TPSA) is 49.4 Å². The Hall–Kier alpha value is -1.57. The van der Waals surface area contributed by atoms with Gasteiger partial charge < -0.3 is 10.2 Å². The van der Waals surface area contributed by atoms with Gasteiger partial charge in [-0.25, -0.2) is 4.39 Å². The molecule has 2 aromatic carbocycles. The Morgan fingerprint density at radius 1 is 1.24 bits per heavy atom. The van der Waals surface area contributed by atoms with E-state index in [0.717, 1.165) is 10.0 Å². The van der Waals surface area contributed by atoms with E-state index in [0.29, 0.717) is 23.7 Å². The van der Waals surface area contributed by atoms with E-state index in [9.17, 15) is 14.0 Å². The molecule has 0 spiro atoms. The highest BCUT2D eigenvalue weighted by Gasteiger charge is 2.25. The highest BCUT2D eigenvalue weighted by atomic mass is 79.9. The van der Waals surface area contributed by atoms with Gasteiger partial charge in [0, 0.05) is 33.9 Å². The van der Waals surface area contributed by atoms with Gasteiger partial charge in [0.15, 0.2) is 0 Å². The molecule has 0 aliphatic heterocycles. The SMILES string of the molecule is CCNC(=O)C(C)N(Cc1ccc(Br)cc1)C(=O)CSCc1c(F)cccc1Cl. The summed E-state index contributed by atoms with van der Waals surface area (Å²) in [5, 5.41) is 3.10. The number of rotatable bonds is 9. The van der Waals surface area contributed by atoms with Crippen LogP contribution in [0.1, 0.15) is 25.0 Å². The fraction of sp³-hybridized carbons (Fsp3) is 0.333. The minimum Gasteiger partial charge on any atom is -0.355 e. The molecule has 0 aromatic heterocycles. The maximum Gasteiger partial charge on any atom is 0.242 e. The number of likely N-dealkylation sites (N-methyl/N-ethyl adjacent to an activating group) is 1. The summed E-state index contributed by atoms with van der Waals surface area (Å²) in [5.74, 6) is -0.395. The number of amides is 2. The van der Waals surface area contributed by atoms with Crippen LogP contribution in [0.5, 0.6) is 0 Å². The fourth-order valence-corrected chi connectivity index (χ4v) is 4.20. The first-order valence-corrected chi connectivity index (χ1v) is 11.5. The zero-order chi connectivity index (χ0) is 21.4. The first-order valence-electron chi connectivity index (χ1n) is 9.15. The molecule has 2 amide bonds. The van der Waals surface area contributed by atoms with Crippen LogP contribution in [-0.4, -0.2) is 35.1 Å². The third kappa shape index (κ3) is 7.01. The second kappa shape index (κ2) is 11.6. The number of halogens is 3. The van der Waals surface area contributed by atoms with Crippen molar-refractivity contribution in [2.75, 3.05) is 12.3 Å². The van der Waals surface area contributed by atoms with Crippen molar-refractivity contribution in [1.29, 1.82) is 0 Å². The molecule has 29 heavy (non-hydrogen) atoms. The van der Waals surface area contributed by atoms with Gasteiger partial charge in [-0.3, -0.25) is 9.59 Å². The predicted molar refractivity (Wildman–Crippen MR) is 120 cm³/mol. The maximum absolute atomic E-state index is 13.9. The summed E-state index contributed by atoms with van der Waals surface area (Å²) >= 11 is 10.7. The molecule has 1 N–H and O–H groups in total.